The van der Waals surface area contributed by atoms with Crippen molar-refractivity contribution in [1.29, 1.82) is 0 Å². The molecule has 1 heterocycles. The van der Waals surface area contributed by atoms with Gasteiger partial charge >= 0.3 is 0 Å². The summed E-state index contributed by atoms with van der Waals surface area (Å²) in [6.45, 7) is 7.49. The average Bonchev–Trinajstić information content (AvgIpc) is 2.43. The lowest BCUT2D eigenvalue weighted by atomic mass is 9.89. The van der Waals surface area contributed by atoms with E-state index >= 15 is 0 Å². The van der Waals surface area contributed by atoms with Crippen molar-refractivity contribution < 1.29 is 9.47 Å². The Kier molecular flexibility index (Phi) is 5.42. The Morgan fingerprint density at radius 2 is 2.29 bits per heavy atom. The van der Waals surface area contributed by atoms with Crippen LogP contribution in [0.4, 0.5) is 0 Å². The van der Waals surface area contributed by atoms with Gasteiger partial charge in [-0.3, -0.25) is 0 Å². The third-order valence-electron chi connectivity index (χ3n) is 3.39. The summed E-state index contributed by atoms with van der Waals surface area (Å²) in [5.74, 6) is 1.58. The van der Waals surface area contributed by atoms with Crippen molar-refractivity contribution in [1.82, 2.24) is 5.32 Å². The van der Waals surface area contributed by atoms with E-state index in [1.165, 1.54) is 11.1 Å². The second-order valence-corrected chi connectivity index (χ2v) is 6.42. The van der Waals surface area contributed by atoms with Gasteiger partial charge in [-0.15, -0.1) is 0 Å². The van der Waals surface area contributed by atoms with E-state index in [2.05, 4.69) is 26.1 Å². The molecular formula is C16H21Cl2NO2. The molecule has 1 aromatic carbocycles. The van der Waals surface area contributed by atoms with Crippen LogP contribution in [0.5, 0.6) is 11.5 Å². The van der Waals surface area contributed by atoms with Gasteiger partial charge in [0, 0.05) is 29.6 Å². The first kappa shape index (κ1) is 16.5. The monoisotopic (exact) mass is 329 g/mol. The molecule has 116 valence electrons. The minimum Gasteiger partial charge on any atom is -0.488 e. The zero-order valence-electron chi connectivity index (χ0n) is 12.6. The lowest BCUT2D eigenvalue weighted by Crippen LogP contribution is -2.39. The Morgan fingerprint density at radius 3 is 2.95 bits per heavy atom. The predicted molar refractivity (Wildman–Crippen MR) is 87.5 cm³/mol. The molecule has 1 unspecified atom stereocenters. The van der Waals surface area contributed by atoms with Crippen molar-refractivity contribution in [3.05, 3.63) is 34.3 Å². The summed E-state index contributed by atoms with van der Waals surface area (Å²) < 4.78 is 11.7. The number of halogens is 2. The van der Waals surface area contributed by atoms with Gasteiger partial charge in [-0.2, -0.15) is 0 Å². The summed E-state index contributed by atoms with van der Waals surface area (Å²) in [6.07, 6.45) is 0.939. The van der Waals surface area contributed by atoms with Crippen LogP contribution in [0.15, 0.2) is 28.8 Å². The van der Waals surface area contributed by atoms with Gasteiger partial charge in [0.1, 0.15) is 23.7 Å². The van der Waals surface area contributed by atoms with Gasteiger partial charge in [-0.25, -0.2) is 0 Å². The number of fused-ring (bicyclic) bond motifs is 1. The molecule has 1 aliphatic rings. The Hall–Kier alpha value is -0.900. The molecule has 1 N–H and O–H groups in total. The van der Waals surface area contributed by atoms with Crippen LogP contribution >= 0.6 is 23.2 Å². The first-order valence-corrected chi connectivity index (χ1v) is 7.90. The molecule has 0 amide bonds. The molecule has 3 nitrogen and oxygen atoms in total. The highest BCUT2D eigenvalue weighted by atomic mass is 35.5. The van der Waals surface area contributed by atoms with Gasteiger partial charge in [-0.1, -0.05) is 36.2 Å². The standard InChI is InChI=1S/C16H21Cl2NO2/c1-4-19-14-8-16(2,3)21-15-7-12(5-6-13(14)15)20-10-11(18)9-17/h5-7,9,14,19H,4,8,10H2,1-3H3. The van der Waals surface area contributed by atoms with Gasteiger partial charge in [0.2, 0.25) is 0 Å². The van der Waals surface area contributed by atoms with E-state index in [1.54, 1.807) is 0 Å². The van der Waals surface area contributed by atoms with Crippen LogP contribution < -0.4 is 14.8 Å². The van der Waals surface area contributed by atoms with E-state index in [9.17, 15) is 0 Å². The maximum atomic E-state index is 6.08. The predicted octanol–water partition coefficient (Wildman–Crippen LogP) is 4.60. The molecule has 21 heavy (non-hydrogen) atoms. The molecule has 0 spiro atoms. The summed E-state index contributed by atoms with van der Waals surface area (Å²) >= 11 is 11.3. The Morgan fingerprint density at radius 1 is 1.52 bits per heavy atom. The first-order valence-electron chi connectivity index (χ1n) is 7.09. The number of hydrogen-bond acceptors (Lipinski definition) is 3. The lowest BCUT2D eigenvalue weighted by molar-refractivity contribution is 0.0661. The minimum absolute atomic E-state index is 0.202. The van der Waals surface area contributed by atoms with Crippen molar-refractivity contribution in [3.63, 3.8) is 0 Å². The molecule has 5 heteroatoms. The number of nitrogens with one attached hydrogen (secondary N) is 1. The Labute approximate surface area is 136 Å². The lowest BCUT2D eigenvalue weighted by Gasteiger charge is -2.38. The highest BCUT2D eigenvalue weighted by molar-refractivity contribution is 6.36. The number of ether oxygens (including phenoxy) is 2. The van der Waals surface area contributed by atoms with E-state index in [-0.39, 0.29) is 12.2 Å². The van der Waals surface area contributed by atoms with Crippen LogP contribution in [0.1, 0.15) is 38.8 Å². The highest BCUT2D eigenvalue weighted by Crippen LogP contribution is 2.41. The molecule has 1 atom stereocenters. The molecule has 1 aromatic rings. The van der Waals surface area contributed by atoms with E-state index in [0.717, 1.165) is 24.5 Å². The first-order chi connectivity index (χ1) is 9.95. The van der Waals surface area contributed by atoms with Gasteiger partial charge in [0.25, 0.3) is 0 Å². The molecule has 0 aliphatic carbocycles. The zero-order chi connectivity index (χ0) is 15.5. The van der Waals surface area contributed by atoms with Crippen LogP contribution in [0, 0.1) is 0 Å². The molecular weight excluding hydrogens is 309 g/mol. The van der Waals surface area contributed by atoms with Crippen LogP contribution in [0.25, 0.3) is 0 Å². The minimum atomic E-state index is -0.202. The fourth-order valence-electron chi connectivity index (χ4n) is 2.53. The number of hydrogen-bond donors (Lipinski definition) is 1. The zero-order valence-corrected chi connectivity index (χ0v) is 14.1. The van der Waals surface area contributed by atoms with Gasteiger partial charge in [-0.05, 0) is 26.5 Å². The number of rotatable bonds is 5. The topological polar surface area (TPSA) is 30.5 Å². The van der Waals surface area contributed by atoms with Crippen LogP contribution in [-0.4, -0.2) is 18.8 Å². The second kappa shape index (κ2) is 6.91. The SMILES string of the molecule is CCNC1CC(C)(C)Oc2cc(OCC(Cl)=CCl)ccc21. The third-order valence-corrected chi connectivity index (χ3v) is 3.98. The quantitative estimate of drug-likeness (QED) is 0.856. The molecule has 0 saturated heterocycles. The van der Waals surface area contributed by atoms with Crippen LogP contribution in [0.3, 0.4) is 0 Å². The largest absolute Gasteiger partial charge is 0.488 e. The number of benzene rings is 1. The molecule has 0 bridgehead atoms. The van der Waals surface area contributed by atoms with Crippen molar-refractivity contribution in [2.24, 2.45) is 0 Å². The molecule has 0 fully saturated rings. The molecule has 0 radical (unpaired) electrons. The molecule has 2 rings (SSSR count). The van der Waals surface area contributed by atoms with E-state index in [0.29, 0.717) is 11.1 Å². The summed E-state index contributed by atoms with van der Waals surface area (Å²) in [7, 11) is 0. The van der Waals surface area contributed by atoms with E-state index < -0.39 is 0 Å². The molecule has 0 aromatic heterocycles. The van der Waals surface area contributed by atoms with Gasteiger partial charge in [0.15, 0.2) is 0 Å². The second-order valence-electron chi connectivity index (χ2n) is 5.72. The van der Waals surface area contributed by atoms with Crippen molar-refractivity contribution in [2.45, 2.75) is 38.8 Å². The van der Waals surface area contributed by atoms with Crippen LogP contribution in [-0.2, 0) is 0 Å². The van der Waals surface area contributed by atoms with Gasteiger partial charge in [0.05, 0.1) is 5.03 Å². The Balaban J connectivity index is 2.21. The fraction of sp³-hybridized carbons (Fsp3) is 0.500. The van der Waals surface area contributed by atoms with E-state index in [1.807, 2.05) is 18.2 Å². The maximum absolute atomic E-state index is 6.08. The molecule has 0 saturated carbocycles. The fourth-order valence-corrected chi connectivity index (χ4v) is 2.65. The third kappa shape index (κ3) is 4.29. The highest BCUT2D eigenvalue weighted by Gasteiger charge is 2.33. The van der Waals surface area contributed by atoms with Crippen LogP contribution in [0.2, 0.25) is 0 Å². The normalized spacial score (nSPS) is 20.6. The molecule has 1 aliphatic heterocycles. The van der Waals surface area contributed by atoms with Crippen molar-refractivity contribution in [3.8, 4) is 11.5 Å². The maximum Gasteiger partial charge on any atom is 0.128 e. The summed E-state index contributed by atoms with van der Waals surface area (Å²) in [6, 6.07) is 6.20. The summed E-state index contributed by atoms with van der Waals surface area (Å²) in [4.78, 5) is 0. The summed E-state index contributed by atoms with van der Waals surface area (Å²) in [5.41, 5.74) is 2.27. The Bertz CT molecular complexity index is 529. The van der Waals surface area contributed by atoms with Gasteiger partial charge < -0.3 is 14.8 Å². The average molecular weight is 330 g/mol. The van der Waals surface area contributed by atoms with E-state index in [4.69, 9.17) is 32.7 Å². The van der Waals surface area contributed by atoms with Crippen molar-refractivity contribution in [2.75, 3.05) is 13.2 Å². The summed E-state index contributed by atoms with van der Waals surface area (Å²) in [5, 5.41) is 3.97. The van der Waals surface area contributed by atoms with Crippen molar-refractivity contribution >= 4 is 23.2 Å². The smallest absolute Gasteiger partial charge is 0.128 e.